The summed E-state index contributed by atoms with van der Waals surface area (Å²) in [5.74, 6) is 0. The highest BCUT2D eigenvalue weighted by Crippen LogP contribution is 2.39. The first-order chi connectivity index (χ1) is 12.1. The van der Waals surface area contributed by atoms with Crippen LogP contribution in [0.3, 0.4) is 0 Å². The first-order valence-electron chi connectivity index (χ1n) is 8.72. The zero-order valence-corrected chi connectivity index (χ0v) is 14.6. The second-order valence-electron chi connectivity index (χ2n) is 6.95. The second-order valence-corrected chi connectivity index (χ2v) is 6.95. The third kappa shape index (κ3) is 3.66. The van der Waals surface area contributed by atoms with Gasteiger partial charge in [0.15, 0.2) is 0 Å². The molecule has 0 N–H and O–H groups in total. The number of hydrogen-bond donors (Lipinski definition) is 0. The Labute approximate surface area is 147 Å². The summed E-state index contributed by atoms with van der Waals surface area (Å²) in [4.78, 5) is 0. The topological polar surface area (TPSA) is 58.7 Å². The van der Waals surface area contributed by atoms with Crippen LogP contribution in [0.25, 0.3) is 0 Å². The fourth-order valence-electron chi connectivity index (χ4n) is 2.84. The molecule has 5 nitrogen and oxygen atoms in total. The van der Waals surface area contributed by atoms with Gasteiger partial charge in [0, 0.05) is 11.1 Å². The first-order valence-corrected chi connectivity index (χ1v) is 8.72. The van der Waals surface area contributed by atoms with Crippen molar-refractivity contribution in [2.75, 3.05) is 13.2 Å². The zero-order chi connectivity index (χ0) is 17.3. The van der Waals surface area contributed by atoms with E-state index in [4.69, 9.17) is 4.74 Å². The Morgan fingerprint density at radius 2 is 1.00 bits per heavy atom. The normalized spacial score (nSPS) is 18.3. The summed E-state index contributed by atoms with van der Waals surface area (Å²) in [5, 5.41) is 16.2. The van der Waals surface area contributed by atoms with Gasteiger partial charge in [0.25, 0.3) is 0 Å². The van der Waals surface area contributed by atoms with Crippen LogP contribution in [-0.4, -0.2) is 13.2 Å². The van der Waals surface area contributed by atoms with Gasteiger partial charge in [-0.25, -0.2) is 0 Å². The summed E-state index contributed by atoms with van der Waals surface area (Å²) >= 11 is 0. The molecular formula is C20H22N4O. The highest BCUT2D eigenvalue weighted by Gasteiger charge is 2.36. The van der Waals surface area contributed by atoms with E-state index in [2.05, 4.69) is 69.0 Å². The van der Waals surface area contributed by atoms with Gasteiger partial charge in [-0.05, 0) is 37.8 Å². The largest absolute Gasteiger partial charge is 0.381 e. The van der Waals surface area contributed by atoms with Gasteiger partial charge < -0.3 is 4.74 Å². The molecule has 2 aromatic rings. The van der Waals surface area contributed by atoms with Crippen molar-refractivity contribution in [1.82, 2.24) is 0 Å². The summed E-state index contributed by atoms with van der Waals surface area (Å²) in [6.07, 6.45) is 1.84. The first kappa shape index (κ1) is 16.1. The van der Waals surface area contributed by atoms with Gasteiger partial charge in [0.05, 0.1) is 13.2 Å². The van der Waals surface area contributed by atoms with Crippen LogP contribution in [0.1, 0.15) is 36.1 Å². The number of hydrogen-bond acceptors (Lipinski definition) is 5. The maximum absolute atomic E-state index is 5.79. The maximum Gasteiger partial charge on any atom is 0.213 e. The van der Waals surface area contributed by atoms with Gasteiger partial charge in [-0.2, -0.15) is 20.5 Å². The molecule has 0 saturated heterocycles. The molecule has 2 aliphatic rings. The lowest BCUT2D eigenvalue weighted by atomic mass is 10.0. The van der Waals surface area contributed by atoms with Crippen molar-refractivity contribution in [1.29, 1.82) is 0 Å². The van der Waals surface area contributed by atoms with Crippen LogP contribution in [0, 0.1) is 0 Å². The van der Waals surface area contributed by atoms with Crippen LogP contribution in [0.5, 0.6) is 0 Å². The Hall–Kier alpha value is -2.40. The summed E-state index contributed by atoms with van der Waals surface area (Å²) in [5.41, 5.74) is 4.29. The fourth-order valence-corrected chi connectivity index (χ4v) is 2.84. The number of benzene rings is 2. The second kappa shape index (κ2) is 6.15. The number of rotatable bonds is 8. The standard InChI is InChI=1S/C20H22N4O/c1-19(21-22-19)17-7-3-15(4-8-17)11-13-25-14-12-16-5-9-18(10-6-16)20(2)23-24-20/h3-10H,11-14H2,1-2H3. The fraction of sp³-hybridized carbons (Fsp3) is 0.400. The molecule has 4 rings (SSSR count). The molecule has 0 spiro atoms. The van der Waals surface area contributed by atoms with E-state index in [0.29, 0.717) is 0 Å². The molecule has 0 unspecified atom stereocenters. The van der Waals surface area contributed by atoms with Crippen LogP contribution in [0.2, 0.25) is 0 Å². The Bertz CT molecular complexity index is 727. The molecule has 0 amide bonds. The summed E-state index contributed by atoms with van der Waals surface area (Å²) in [6, 6.07) is 17.0. The third-order valence-corrected chi connectivity index (χ3v) is 4.87. The van der Waals surface area contributed by atoms with Gasteiger partial charge in [0.2, 0.25) is 11.3 Å². The smallest absolute Gasteiger partial charge is 0.213 e. The molecule has 0 bridgehead atoms. The van der Waals surface area contributed by atoms with Crippen molar-refractivity contribution in [2.45, 2.75) is 38.0 Å². The predicted octanol–water partition coefficient (Wildman–Crippen LogP) is 4.77. The highest BCUT2D eigenvalue weighted by molar-refractivity contribution is 5.31. The lowest BCUT2D eigenvalue weighted by Crippen LogP contribution is -2.05. The van der Waals surface area contributed by atoms with E-state index in [1.807, 2.05) is 13.8 Å². The molecule has 5 heteroatoms. The van der Waals surface area contributed by atoms with Gasteiger partial charge in [0.1, 0.15) is 0 Å². The van der Waals surface area contributed by atoms with Crippen molar-refractivity contribution in [3.63, 3.8) is 0 Å². The number of nitrogens with zero attached hydrogens (tertiary/aromatic N) is 4. The van der Waals surface area contributed by atoms with Crippen LogP contribution < -0.4 is 0 Å². The highest BCUT2D eigenvalue weighted by atomic mass is 16.5. The van der Waals surface area contributed by atoms with E-state index in [9.17, 15) is 0 Å². The molecule has 0 aromatic heterocycles. The van der Waals surface area contributed by atoms with Crippen molar-refractivity contribution >= 4 is 0 Å². The molecule has 2 heterocycles. The molecule has 128 valence electrons. The molecule has 2 aromatic carbocycles. The monoisotopic (exact) mass is 334 g/mol. The Balaban J connectivity index is 1.17. The van der Waals surface area contributed by atoms with E-state index in [0.717, 1.165) is 37.2 Å². The summed E-state index contributed by atoms with van der Waals surface area (Å²) < 4.78 is 5.79. The maximum atomic E-state index is 5.79. The Morgan fingerprint density at radius 3 is 1.32 bits per heavy atom. The molecule has 0 fully saturated rings. The van der Waals surface area contributed by atoms with Crippen molar-refractivity contribution < 1.29 is 4.74 Å². The van der Waals surface area contributed by atoms with E-state index in [-0.39, 0.29) is 11.3 Å². The van der Waals surface area contributed by atoms with E-state index in [1.54, 1.807) is 0 Å². The van der Waals surface area contributed by atoms with Crippen LogP contribution in [-0.2, 0) is 28.9 Å². The van der Waals surface area contributed by atoms with E-state index >= 15 is 0 Å². The average Bonchev–Trinajstić information content (AvgIpc) is 3.55. The van der Waals surface area contributed by atoms with Gasteiger partial charge >= 0.3 is 0 Å². The molecule has 0 radical (unpaired) electrons. The quantitative estimate of drug-likeness (QED) is 0.642. The summed E-state index contributed by atoms with van der Waals surface area (Å²) in [7, 11) is 0. The lowest BCUT2D eigenvalue weighted by Gasteiger charge is -2.08. The molecule has 0 aliphatic carbocycles. The van der Waals surface area contributed by atoms with Gasteiger partial charge in [-0.15, -0.1) is 0 Å². The van der Waals surface area contributed by atoms with Crippen LogP contribution >= 0.6 is 0 Å². The molecule has 0 saturated carbocycles. The zero-order valence-electron chi connectivity index (χ0n) is 14.6. The molecule has 25 heavy (non-hydrogen) atoms. The molecule has 2 aliphatic heterocycles. The lowest BCUT2D eigenvalue weighted by molar-refractivity contribution is 0.140. The van der Waals surface area contributed by atoms with E-state index in [1.165, 1.54) is 11.1 Å². The van der Waals surface area contributed by atoms with Gasteiger partial charge in [-0.3, -0.25) is 0 Å². The van der Waals surface area contributed by atoms with Crippen LogP contribution in [0.15, 0.2) is 69.0 Å². The van der Waals surface area contributed by atoms with Crippen molar-refractivity contribution in [3.8, 4) is 0 Å². The SMILES string of the molecule is CC1(c2ccc(CCOCCc3ccc(C4(C)N=N4)cc3)cc2)N=N1. The summed E-state index contributed by atoms with van der Waals surface area (Å²) in [6.45, 7) is 5.51. The molecular weight excluding hydrogens is 312 g/mol. The Morgan fingerprint density at radius 1 is 0.640 bits per heavy atom. The minimum atomic E-state index is -0.288. The minimum absolute atomic E-state index is 0.288. The van der Waals surface area contributed by atoms with Crippen molar-refractivity contribution in [2.24, 2.45) is 20.5 Å². The predicted molar refractivity (Wildman–Crippen MR) is 95.5 cm³/mol. The Kier molecular flexibility index (Phi) is 3.96. The molecule has 0 atom stereocenters. The van der Waals surface area contributed by atoms with Gasteiger partial charge in [-0.1, -0.05) is 48.5 Å². The van der Waals surface area contributed by atoms with E-state index < -0.39 is 0 Å². The van der Waals surface area contributed by atoms with Crippen molar-refractivity contribution in [3.05, 3.63) is 70.8 Å². The van der Waals surface area contributed by atoms with Crippen LogP contribution in [0.4, 0.5) is 0 Å². The average molecular weight is 334 g/mol. The number of ether oxygens (including phenoxy) is 1. The minimum Gasteiger partial charge on any atom is -0.381 e. The third-order valence-electron chi connectivity index (χ3n) is 4.87.